The van der Waals surface area contributed by atoms with Gasteiger partial charge in [-0.25, -0.2) is 0 Å². The van der Waals surface area contributed by atoms with Crippen LogP contribution in [0.4, 0.5) is 11.4 Å². The van der Waals surface area contributed by atoms with Gasteiger partial charge in [-0.1, -0.05) is 13.3 Å². The lowest BCUT2D eigenvalue weighted by atomic mass is 10.1. The first-order valence-corrected chi connectivity index (χ1v) is 8.25. The number of nitrogens with one attached hydrogen (secondary N) is 1. The topological polar surface area (TPSA) is 58.4 Å². The molecule has 1 aliphatic rings. The van der Waals surface area contributed by atoms with Gasteiger partial charge in [-0.05, 0) is 53.8 Å². The van der Waals surface area contributed by atoms with E-state index in [1.54, 1.807) is 6.07 Å². The van der Waals surface area contributed by atoms with Crippen LogP contribution in [0, 0.1) is 16.0 Å². The number of halogens is 1. The van der Waals surface area contributed by atoms with Crippen LogP contribution in [0.3, 0.4) is 0 Å². The molecule has 0 aliphatic carbocycles. The lowest BCUT2D eigenvalue weighted by molar-refractivity contribution is -0.384. The number of rotatable bonds is 6. The summed E-state index contributed by atoms with van der Waals surface area (Å²) in [5, 5.41) is 14.1. The fraction of sp³-hybridized carbons (Fsp3) is 0.600. The molecule has 0 radical (unpaired) electrons. The molecule has 0 bridgehead atoms. The fourth-order valence-corrected chi connectivity index (χ4v) is 3.20. The number of non-ortho nitro benzene ring substituents is 1. The molecule has 2 rings (SSSR count). The summed E-state index contributed by atoms with van der Waals surface area (Å²) in [6.45, 7) is 6.64. The first-order chi connectivity index (χ1) is 10.1. The van der Waals surface area contributed by atoms with Crippen LogP contribution >= 0.6 is 15.9 Å². The zero-order valence-electron chi connectivity index (χ0n) is 12.3. The molecule has 1 aromatic rings. The summed E-state index contributed by atoms with van der Waals surface area (Å²) in [6.07, 6.45) is 3.99. The predicted molar refractivity (Wildman–Crippen MR) is 88.7 cm³/mol. The number of likely N-dealkylation sites (tertiary alicyclic amines) is 1. The summed E-state index contributed by atoms with van der Waals surface area (Å²) in [5.41, 5.74) is 1.01. The molecule has 1 N–H and O–H groups in total. The van der Waals surface area contributed by atoms with Gasteiger partial charge >= 0.3 is 0 Å². The number of piperidine rings is 1. The van der Waals surface area contributed by atoms with E-state index in [0.29, 0.717) is 5.92 Å². The van der Waals surface area contributed by atoms with E-state index >= 15 is 0 Å². The summed E-state index contributed by atoms with van der Waals surface area (Å²) in [6, 6.07) is 4.83. The van der Waals surface area contributed by atoms with Gasteiger partial charge in [-0.3, -0.25) is 10.1 Å². The highest BCUT2D eigenvalue weighted by Gasteiger charge is 2.14. The van der Waals surface area contributed by atoms with Crippen LogP contribution in [0.25, 0.3) is 0 Å². The first kappa shape index (κ1) is 16.2. The van der Waals surface area contributed by atoms with Crippen LogP contribution in [0.15, 0.2) is 22.7 Å². The van der Waals surface area contributed by atoms with Crippen molar-refractivity contribution in [3.63, 3.8) is 0 Å². The average Bonchev–Trinajstić information content (AvgIpc) is 2.47. The number of nitro benzene ring substituents is 1. The Morgan fingerprint density at radius 3 is 2.71 bits per heavy atom. The highest BCUT2D eigenvalue weighted by atomic mass is 79.9. The molecule has 1 fully saturated rings. The maximum Gasteiger partial charge on any atom is 0.270 e. The lowest BCUT2D eigenvalue weighted by Gasteiger charge is -2.29. The van der Waals surface area contributed by atoms with E-state index in [2.05, 4.69) is 33.1 Å². The molecule has 21 heavy (non-hydrogen) atoms. The second-order valence-corrected chi connectivity index (χ2v) is 6.62. The Hall–Kier alpha value is -1.14. The predicted octanol–water partition coefficient (Wildman–Crippen LogP) is 3.89. The number of anilines is 1. The molecule has 1 unspecified atom stereocenters. The molecule has 1 heterocycles. The minimum Gasteiger partial charge on any atom is -0.384 e. The van der Waals surface area contributed by atoms with Crippen LogP contribution in [0.2, 0.25) is 0 Å². The van der Waals surface area contributed by atoms with Gasteiger partial charge in [0.1, 0.15) is 0 Å². The van der Waals surface area contributed by atoms with Crippen LogP contribution < -0.4 is 5.32 Å². The zero-order chi connectivity index (χ0) is 15.2. The van der Waals surface area contributed by atoms with Crippen LogP contribution in [0.1, 0.15) is 26.2 Å². The zero-order valence-corrected chi connectivity index (χ0v) is 13.9. The minimum atomic E-state index is -0.381. The van der Waals surface area contributed by atoms with Crippen molar-refractivity contribution in [3.05, 3.63) is 32.8 Å². The molecule has 0 spiro atoms. The SMILES string of the molecule is CC(CNc1ccc([N+](=O)[O-])cc1Br)CN1CCCCC1. The van der Waals surface area contributed by atoms with Gasteiger partial charge in [0, 0.05) is 35.4 Å². The normalized spacial score (nSPS) is 17.4. The Labute approximate surface area is 134 Å². The third-order valence-corrected chi connectivity index (χ3v) is 4.48. The lowest BCUT2D eigenvalue weighted by Crippen LogP contribution is -2.35. The Morgan fingerprint density at radius 1 is 1.38 bits per heavy atom. The van der Waals surface area contributed by atoms with E-state index in [1.807, 2.05) is 0 Å². The molecule has 0 saturated carbocycles. The Bertz CT molecular complexity index is 490. The van der Waals surface area contributed by atoms with E-state index in [0.717, 1.165) is 23.2 Å². The molecule has 1 aliphatic heterocycles. The van der Waals surface area contributed by atoms with Crippen LogP contribution in [-0.4, -0.2) is 36.0 Å². The quantitative estimate of drug-likeness (QED) is 0.621. The van der Waals surface area contributed by atoms with Gasteiger partial charge in [0.15, 0.2) is 0 Å². The number of benzene rings is 1. The Kier molecular flexibility index (Phi) is 5.99. The van der Waals surface area contributed by atoms with Gasteiger partial charge in [0.05, 0.1) is 4.92 Å². The molecule has 1 saturated heterocycles. The maximum absolute atomic E-state index is 10.7. The summed E-state index contributed by atoms with van der Waals surface area (Å²) in [7, 11) is 0. The van der Waals surface area contributed by atoms with Gasteiger partial charge in [-0.15, -0.1) is 0 Å². The smallest absolute Gasteiger partial charge is 0.270 e. The van der Waals surface area contributed by atoms with Gasteiger partial charge < -0.3 is 10.2 Å². The van der Waals surface area contributed by atoms with E-state index in [4.69, 9.17) is 0 Å². The molecule has 0 amide bonds. The van der Waals surface area contributed by atoms with E-state index in [1.165, 1.54) is 44.5 Å². The van der Waals surface area contributed by atoms with Crippen molar-refractivity contribution < 1.29 is 4.92 Å². The number of nitro groups is 1. The molecular formula is C15H22BrN3O2. The fourth-order valence-electron chi connectivity index (χ4n) is 2.69. The van der Waals surface area contributed by atoms with Gasteiger partial charge in [0.2, 0.25) is 0 Å². The van der Waals surface area contributed by atoms with Crippen LogP contribution in [-0.2, 0) is 0 Å². The standard InChI is InChI=1S/C15H22BrN3O2/c1-12(11-18-7-3-2-4-8-18)10-17-15-6-5-13(19(20)21)9-14(15)16/h5-6,9,12,17H,2-4,7-8,10-11H2,1H3. The second-order valence-electron chi connectivity index (χ2n) is 5.77. The second kappa shape index (κ2) is 7.75. The average molecular weight is 356 g/mol. The van der Waals surface area contributed by atoms with Gasteiger partial charge in [-0.2, -0.15) is 0 Å². The number of hydrogen-bond donors (Lipinski definition) is 1. The summed E-state index contributed by atoms with van der Waals surface area (Å²) in [4.78, 5) is 12.9. The monoisotopic (exact) mass is 355 g/mol. The summed E-state index contributed by atoms with van der Waals surface area (Å²) in [5.74, 6) is 0.546. The summed E-state index contributed by atoms with van der Waals surface area (Å²) < 4.78 is 0.738. The van der Waals surface area contributed by atoms with Crippen molar-refractivity contribution in [2.75, 3.05) is 31.5 Å². The molecule has 6 heteroatoms. The Balaban J connectivity index is 1.83. The molecule has 1 atom stereocenters. The summed E-state index contributed by atoms with van der Waals surface area (Å²) >= 11 is 3.39. The Morgan fingerprint density at radius 2 is 2.10 bits per heavy atom. The number of hydrogen-bond acceptors (Lipinski definition) is 4. The van der Waals surface area contributed by atoms with Gasteiger partial charge in [0.25, 0.3) is 5.69 Å². The molecular weight excluding hydrogens is 334 g/mol. The van der Waals surface area contributed by atoms with Crippen molar-refractivity contribution in [2.24, 2.45) is 5.92 Å². The van der Waals surface area contributed by atoms with E-state index < -0.39 is 0 Å². The minimum absolute atomic E-state index is 0.105. The highest BCUT2D eigenvalue weighted by Crippen LogP contribution is 2.27. The largest absolute Gasteiger partial charge is 0.384 e. The number of nitrogens with zero attached hydrogens (tertiary/aromatic N) is 2. The van der Waals surface area contributed by atoms with E-state index in [-0.39, 0.29) is 10.6 Å². The highest BCUT2D eigenvalue weighted by molar-refractivity contribution is 9.10. The third kappa shape index (κ3) is 4.97. The van der Waals surface area contributed by atoms with Crippen molar-refractivity contribution in [3.8, 4) is 0 Å². The maximum atomic E-state index is 10.7. The van der Waals surface area contributed by atoms with Crippen molar-refractivity contribution >= 4 is 27.3 Å². The van der Waals surface area contributed by atoms with Crippen molar-refractivity contribution in [1.29, 1.82) is 0 Å². The first-order valence-electron chi connectivity index (χ1n) is 7.46. The molecule has 116 valence electrons. The van der Waals surface area contributed by atoms with Crippen molar-refractivity contribution in [2.45, 2.75) is 26.2 Å². The molecule has 1 aromatic carbocycles. The third-order valence-electron chi connectivity index (χ3n) is 3.82. The molecule has 0 aromatic heterocycles. The van der Waals surface area contributed by atoms with Crippen molar-refractivity contribution in [1.82, 2.24) is 4.90 Å². The van der Waals surface area contributed by atoms with Crippen LogP contribution in [0.5, 0.6) is 0 Å². The van der Waals surface area contributed by atoms with E-state index in [9.17, 15) is 10.1 Å². The molecule has 5 nitrogen and oxygen atoms in total.